The van der Waals surface area contributed by atoms with Crippen LogP contribution >= 0.6 is 24.0 Å². The number of nitrogens with one attached hydrogen (secondary N) is 2. The molecule has 3 nitrogen and oxygen atoms in total. The third-order valence-electron chi connectivity index (χ3n) is 3.12. The van der Waals surface area contributed by atoms with Crippen LogP contribution in [0.2, 0.25) is 0 Å². The molecule has 2 aromatic rings. The van der Waals surface area contributed by atoms with Crippen LogP contribution in [0, 0.1) is 5.82 Å². The highest BCUT2D eigenvalue weighted by molar-refractivity contribution is 14.0. The zero-order valence-corrected chi connectivity index (χ0v) is 14.9. The van der Waals surface area contributed by atoms with Crippen molar-refractivity contribution in [1.82, 2.24) is 10.6 Å². The van der Waals surface area contributed by atoms with E-state index in [9.17, 15) is 4.39 Å². The smallest absolute Gasteiger partial charge is 0.191 e. The molecule has 22 heavy (non-hydrogen) atoms. The lowest BCUT2D eigenvalue weighted by atomic mass is 10.1. The maximum absolute atomic E-state index is 13.1. The standard InChI is InChI=1S/C17H20FN3.HI/c1-19-17(20-11-10-14-6-3-2-4-7-14)21-13-15-8-5-9-16(18)12-15;/h2-9,12H,10-11,13H2,1H3,(H2,19,20,21);1H. The van der Waals surface area contributed by atoms with Gasteiger partial charge in [-0.05, 0) is 29.7 Å². The fourth-order valence-electron chi connectivity index (χ4n) is 2.02. The summed E-state index contributed by atoms with van der Waals surface area (Å²) in [4.78, 5) is 4.16. The first-order chi connectivity index (χ1) is 10.3. The minimum absolute atomic E-state index is 0. The Labute approximate surface area is 148 Å². The second-order valence-electron chi connectivity index (χ2n) is 4.72. The highest BCUT2D eigenvalue weighted by atomic mass is 127. The molecule has 118 valence electrons. The van der Waals surface area contributed by atoms with Crippen LogP contribution in [-0.4, -0.2) is 19.6 Å². The second kappa shape index (κ2) is 10.2. The quantitative estimate of drug-likeness (QED) is 0.448. The highest BCUT2D eigenvalue weighted by Gasteiger charge is 1.99. The van der Waals surface area contributed by atoms with Crippen molar-refractivity contribution in [3.8, 4) is 0 Å². The number of nitrogens with zero attached hydrogens (tertiary/aromatic N) is 1. The molecule has 0 fully saturated rings. The largest absolute Gasteiger partial charge is 0.356 e. The summed E-state index contributed by atoms with van der Waals surface area (Å²) in [6.45, 7) is 1.34. The summed E-state index contributed by atoms with van der Waals surface area (Å²) >= 11 is 0. The summed E-state index contributed by atoms with van der Waals surface area (Å²) in [5.41, 5.74) is 2.17. The predicted octanol–water partition coefficient (Wildman–Crippen LogP) is 3.35. The highest BCUT2D eigenvalue weighted by Crippen LogP contribution is 2.02. The van der Waals surface area contributed by atoms with Gasteiger partial charge in [0.05, 0.1) is 0 Å². The van der Waals surface area contributed by atoms with Gasteiger partial charge in [0, 0.05) is 20.1 Å². The van der Waals surface area contributed by atoms with Gasteiger partial charge in [-0.3, -0.25) is 4.99 Å². The SMILES string of the molecule is CN=C(NCCc1ccccc1)NCc1cccc(F)c1.I. The maximum Gasteiger partial charge on any atom is 0.191 e. The minimum atomic E-state index is -0.221. The molecule has 0 aromatic heterocycles. The van der Waals surface area contributed by atoms with Crippen LogP contribution < -0.4 is 10.6 Å². The van der Waals surface area contributed by atoms with Crippen LogP contribution in [0.4, 0.5) is 4.39 Å². The molecule has 0 spiro atoms. The van der Waals surface area contributed by atoms with Crippen LogP contribution in [0.5, 0.6) is 0 Å². The van der Waals surface area contributed by atoms with Gasteiger partial charge in [-0.15, -0.1) is 24.0 Å². The van der Waals surface area contributed by atoms with Gasteiger partial charge < -0.3 is 10.6 Å². The molecule has 0 aliphatic heterocycles. The van der Waals surface area contributed by atoms with E-state index in [2.05, 4.69) is 27.8 Å². The molecule has 0 amide bonds. The molecule has 0 atom stereocenters. The Morgan fingerprint density at radius 2 is 1.73 bits per heavy atom. The molecule has 0 unspecified atom stereocenters. The van der Waals surface area contributed by atoms with E-state index in [4.69, 9.17) is 0 Å². The number of benzene rings is 2. The van der Waals surface area contributed by atoms with Gasteiger partial charge in [0.1, 0.15) is 5.82 Å². The van der Waals surface area contributed by atoms with Crippen molar-refractivity contribution in [3.05, 3.63) is 71.5 Å². The zero-order chi connectivity index (χ0) is 14.9. The van der Waals surface area contributed by atoms with Crippen molar-refractivity contribution < 1.29 is 4.39 Å². The molecule has 5 heteroatoms. The third-order valence-corrected chi connectivity index (χ3v) is 3.12. The molecule has 2 rings (SSSR count). The Hall–Kier alpha value is -1.63. The summed E-state index contributed by atoms with van der Waals surface area (Å²) in [5, 5.41) is 6.42. The van der Waals surface area contributed by atoms with E-state index < -0.39 is 0 Å². The summed E-state index contributed by atoms with van der Waals surface area (Å²) in [6.07, 6.45) is 0.932. The fraction of sp³-hybridized carbons (Fsp3) is 0.235. The fourth-order valence-corrected chi connectivity index (χ4v) is 2.02. The summed E-state index contributed by atoms with van der Waals surface area (Å²) in [5.74, 6) is 0.497. The van der Waals surface area contributed by atoms with Gasteiger partial charge in [0.15, 0.2) is 5.96 Å². The van der Waals surface area contributed by atoms with Gasteiger partial charge in [0.2, 0.25) is 0 Å². The lowest BCUT2D eigenvalue weighted by Crippen LogP contribution is -2.37. The first-order valence-electron chi connectivity index (χ1n) is 7.01. The predicted molar refractivity (Wildman–Crippen MR) is 100 cm³/mol. The van der Waals surface area contributed by atoms with Gasteiger partial charge in [-0.25, -0.2) is 4.39 Å². The van der Waals surface area contributed by atoms with Crippen molar-refractivity contribution in [2.45, 2.75) is 13.0 Å². The maximum atomic E-state index is 13.1. The van der Waals surface area contributed by atoms with Gasteiger partial charge in [0.25, 0.3) is 0 Å². The van der Waals surface area contributed by atoms with Gasteiger partial charge in [-0.1, -0.05) is 42.5 Å². The lowest BCUT2D eigenvalue weighted by Gasteiger charge is -2.12. The molecular formula is C17H21FIN3. The van der Waals surface area contributed by atoms with Crippen LogP contribution in [-0.2, 0) is 13.0 Å². The molecule has 0 aliphatic rings. The van der Waals surface area contributed by atoms with Crippen LogP contribution in [0.1, 0.15) is 11.1 Å². The molecule has 0 saturated carbocycles. The van der Waals surface area contributed by atoms with E-state index in [1.165, 1.54) is 17.7 Å². The number of aliphatic imine (C=N–C) groups is 1. The van der Waals surface area contributed by atoms with E-state index in [-0.39, 0.29) is 29.8 Å². The van der Waals surface area contributed by atoms with Crippen molar-refractivity contribution in [2.24, 2.45) is 4.99 Å². The van der Waals surface area contributed by atoms with Crippen molar-refractivity contribution >= 4 is 29.9 Å². The van der Waals surface area contributed by atoms with Crippen LogP contribution in [0.3, 0.4) is 0 Å². The number of hydrogen-bond acceptors (Lipinski definition) is 1. The van der Waals surface area contributed by atoms with Crippen LogP contribution in [0.15, 0.2) is 59.6 Å². The Morgan fingerprint density at radius 1 is 1.00 bits per heavy atom. The molecule has 2 N–H and O–H groups in total. The van der Waals surface area contributed by atoms with E-state index >= 15 is 0 Å². The Morgan fingerprint density at radius 3 is 2.41 bits per heavy atom. The molecule has 0 saturated heterocycles. The van der Waals surface area contributed by atoms with Gasteiger partial charge in [-0.2, -0.15) is 0 Å². The Kier molecular flexibility index (Phi) is 8.50. The first kappa shape index (κ1) is 18.4. The summed E-state index contributed by atoms with van der Waals surface area (Å²) < 4.78 is 13.1. The molecular weight excluding hydrogens is 392 g/mol. The summed E-state index contributed by atoms with van der Waals surface area (Å²) in [6, 6.07) is 16.8. The lowest BCUT2D eigenvalue weighted by molar-refractivity contribution is 0.624. The minimum Gasteiger partial charge on any atom is -0.356 e. The van der Waals surface area contributed by atoms with E-state index in [1.807, 2.05) is 24.3 Å². The summed E-state index contributed by atoms with van der Waals surface area (Å²) in [7, 11) is 1.73. The van der Waals surface area contributed by atoms with E-state index in [0.717, 1.165) is 24.5 Å². The van der Waals surface area contributed by atoms with Crippen LogP contribution in [0.25, 0.3) is 0 Å². The zero-order valence-electron chi connectivity index (χ0n) is 12.6. The number of hydrogen-bond donors (Lipinski definition) is 2. The van der Waals surface area contributed by atoms with Gasteiger partial charge >= 0.3 is 0 Å². The van der Waals surface area contributed by atoms with Crippen molar-refractivity contribution in [3.63, 3.8) is 0 Å². The Balaban J connectivity index is 0.00000242. The third kappa shape index (κ3) is 6.43. The number of guanidine groups is 1. The Bertz CT molecular complexity index is 587. The van der Waals surface area contributed by atoms with Crippen molar-refractivity contribution in [1.29, 1.82) is 0 Å². The van der Waals surface area contributed by atoms with Crippen molar-refractivity contribution in [2.75, 3.05) is 13.6 Å². The monoisotopic (exact) mass is 413 g/mol. The first-order valence-corrected chi connectivity index (χ1v) is 7.01. The number of halogens is 2. The average molecular weight is 413 g/mol. The van der Waals surface area contributed by atoms with E-state index in [0.29, 0.717) is 6.54 Å². The van der Waals surface area contributed by atoms with E-state index in [1.54, 1.807) is 13.1 Å². The molecule has 0 aliphatic carbocycles. The molecule has 0 heterocycles. The topological polar surface area (TPSA) is 36.4 Å². The molecule has 0 radical (unpaired) electrons. The molecule has 0 bridgehead atoms. The molecule has 2 aromatic carbocycles. The normalized spacial score (nSPS) is 10.7. The second-order valence-corrected chi connectivity index (χ2v) is 4.72. The average Bonchev–Trinajstić information content (AvgIpc) is 2.52. The number of rotatable bonds is 5.